The van der Waals surface area contributed by atoms with Crippen LogP contribution < -0.4 is 10.2 Å². The van der Waals surface area contributed by atoms with Crippen LogP contribution in [-0.4, -0.2) is 57.3 Å². The fourth-order valence-corrected chi connectivity index (χ4v) is 3.95. The van der Waals surface area contributed by atoms with E-state index >= 15 is 0 Å². The first-order valence-electron chi connectivity index (χ1n) is 8.71. The summed E-state index contributed by atoms with van der Waals surface area (Å²) >= 11 is 1.50. The minimum absolute atomic E-state index is 0.105. The van der Waals surface area contributed by atoms with E-state index in [1.54, 1.807) is 18.5 Å². The SMILES string of the molecule is O=C(Nc1nnc(C2CCC2)s1)N1CCCN(c2ncccn2)CC1. The molecule has 0 radical (unpaired) electrons. The van der Waals surface area contributed by atoms with Crippen molar-refractivity contribution in [3.05, 3.63) is 23.5 Å². The molecule has 0 unspecified atom stereocenters. The third-order valence-corrected chi connectivity index (χ3v) is 5.73. The average Bonchev–Trinajstić information content (AvgIpc) is 2.89. The second-order valence-corrected chi connectivity index (χ2v) is 7.39. The minimum atomic E-state index is -0.105. The Kier molecular flexibility index (Phi) is 4.73. The molecule has 4 rings (SSSR count). The maximum absolute atomic E-state index is 12.5. The van der Waals surface area contributed by atoms with E-state index in [9.17, 15) is 4.79 Å². The second kappa shape index (κ2) is 7.30. The molecule has 2 amide bonds. The van der Waals surface area contributed by atoms with Gasteiger partial charge in [-0.3, -0.25) is 5.32 Å². The Hall–Kier alpha value is -2.29. The van der Waals surface area contributed by atoms with Crippen LogP contribution in [-0.2, 0) is 0 Å². The highest BCUT2D eigenvalue weighted by molar-refractivity contribution is 7.15. The third kappa shape index (κ3) is 3.71. The molecule has 2 fully saturated rings. The summed E-state index contributed by atoms with van der Waals surface area (Å²) in [4.78, 5) is 25.1. The lowest BCUT2D eigenvalue weighted by atomic mass is 9.86. The van der Waals surface area contributed by atoms with Crippen molar-refractivity contribution in [1.29, 1.82) is 0 Å². The summed E-state index contributed by atoms with van der Waals surface area (Å²) in [6.07, 6.45) is 8.01. The molecule has 25 heavy (non-hydrogen) atoms. The van der Waals surface area contributed by atoms with Crippen molar-refractivity contribution in [3.63, 3.8) is 0 Å². The van der Waals surface area contributed by atoms with Gasteiger partial charge < -0.3 is 9.80 Å². The highest BCUT2D eigenvalue weighted by Crippen LogP contribution is 2.38. The summed E-state index contributed by atoms with van der Waals surface area (Å²) in [6, 6.07) is 1.70. The summed E-state index contributed by atoms with van der Waals surface area (Å²) in [5.74, 6) is 1.26. The fraction of sp³-hybridized carbons (Fsp3) is 0.562. The van der Waals surface area contributed by atoms with Crippen LogP contribution in [0.5, 0.6) is 0 Å². The standard InChI is InChI=1S/C16H21N7OS/c24-16(19-15-21-20-13(25-15)12-4-1-5-12)23-9-3-8-22(10-11-23)14-17-6-2-7-18-14/h2,6-7,12H,1,3-5,8-11H2,(H,19,21,24). The Morgan fingerprint density at radius 2 is 1.92 bits per heavy atom. The monoisotopic (exact) mass is 359 g/mol. The summed E-state index contributed by atoms with van der Waals surface area (Å²) in [5.41, 5.74) is 0. The Morgan fingerprint density at radius 3 is 2.68 bits per heavy atom. The zero-order chi connectivity index (χ0) is 17.1. The van der Waals surface area contributed by atoms with Gasteiger partial charge in [-0.05, 0) is 25.3 Å². The van der Waals surface area contributed by atoms with Gasteiger partial charge >= 0.3 is 6.03 Å². The first-order valence-corrected chi connectivity index (χ1v) is 9.52. The van der Waals surface area contributed by atoms with E-state index in [1.807, 2.05) is 4.90 Å². The molecule has 0 spiro atoms. The van der Waals surface area contributed by atoms with Gasteiger partial charge in [0.2, 0.25) is 11.1 Å². The number of anilines is 2. The van der Waals surface area contributed by atoms with E-state index in [-0.39, 0.29) is 6.03 Å². The molecule has 0 atom stereocenters. The molecule has 1 N–H and O–H groups in total. The first-order chi connectivity index (χ1) is 12.3. The molecule has 9 heteroatoms. The van der Waals surface area contributed by atoms with Crippen molar-refractivity contribution in [3.8, 4) is 0 Å². The van der Waals surface area contributed by atoms with Gasteiger partial charge in [-0.2, -0.15) is 0 Å². The Balaban J connectivity index is 1.33. The van der Waals surface area contributed by atoms with Crippen molar-refractivity contribution >= 4 is 28.4 Å². The van der Waals surface area contributed by atoms with E-state index in [0.717, 1.165) is 30.5 Å². The molecule has 1 aliphatic carbocycles. The lowest BCUT2D eigenvalue weighted by Crippen LogP contribution is -2.38. The molecule has 2 aliphatic rings. The predicted molar refractivity (Wildman–Crippen MR) is 96.0 cm³/mol. The van der Waals surface area contributed by atoms with Gasteiger partial charge in [0.25, 0.3) is 0 Å². The fourth-order valence-electron chi connectivity index (χ4n) is 3.05. The summed E-state index contributed by atoms with van der Waals surface area (Å²) in [6.45, 7) is 2.92. The van der Waals surface area contributed by atoms with Crippen LogP contribution >= 0.6 is 11.3 Å². The molecule has 132 valence electrons. The van der Waals surface area contributed by atoms with E-state index in [1.165, 1.54) is 30.6 Å². The topological polar surface area (TPSA) is 87.1 Å². The molecule has 2 aromatic heterocycles. The maximum Gasteiger partial charge on any atom is 0.323 e. The zero-order valence-corrected chi connectivity index (χ0v) is 14.8. The van der Waals surface area contributed by atoms with Crippen molar-refractivity contribution < 1.29 is 4.79 Å². The first kappa shape index (κ1) is 16.2. The Bertz CT molecular complexity index is 718. The number of amides is 2. The smallest absolute Gasteiger partial charge is 0.323 e. The molecule has 0 aromatic carbocycles. The molecule has 1 saturated carbocycles. The number of nitrogens with zero attached hydrogens (tertiary/aromatic N) is 6. The lowest BCUT2D eigenvalue weighted by Gasteiger charge is -2.22. The maximum atomic E-state index is 12.5. The largest absolute Gasteiger partial charge is 0.339 e. The molecule has 8 nitrogen and oxygen atoms in total. The van der Waals surface area contributed by atoms with Gasteiger partial charge in [0, 0.05) is 44.5 Å². The number of hydrogen-bond acceptors (Lipinski definition) is 7. The summed E-state index contributed by atoms with van der Waals surface area (Å²) in [5, 5.41) is 12.9. The number of carbonyl (C=O) groups excluding carboxylic acids is 1. The highest BCUT2D eigenvalue weighted by atomic mass is 32.1. The molecule has 1 aliphatic heterocycles. The van der Waals surface area contributed by atoms with Crippen molar-refractivity contribution in [2.45, 2.75) is 31.6 Å². The van der Waals surface area contributed by atoms with Crippen molar-refractivity contribution in [2.75, 3.05) is 36.4 Å². The summed E-state index contributed by atoms with van der Waals surface area (Å²) in [7, 11) is 0. The molecule has 3 heterocycles. The van der Waals surface area contributed by atoms with Gasteiger partial charge in [-0.25, -0.2) is 14.8 Å². The predicted octanol–water partition coefficient (Wildman–Crippen LogP) is 2.34. The quantitative estimate of drug-likeness (QED) is 0.905. The van der Waals surface area contributed by atoms with Crippen LogP contribution in [0.3, 0.4) is 0 Å². The van der Waals surface area contributed by atoms with E-state index in [0.29, 0.717) is 24.1 Å². The molecule has 2 aromatic rings. The third-order valence-electron chi connectivity index (χ3n) is 4.73. The van der Waals surface area contributed by atoms with Gasteiger partial charge in [0.1, 0.15) is 5.01 Å². The van der Waals surface area contributed by atoms with Crippen molar-refractivity contribution in [1.82, 2.24) is 25.1 Å². The molecule has 0 bridgehead atoms. The normalized spacial score (nSPS) is 18.6. The van der Waals surface area contributed by atoms with E-state index < -0.39 is 0 Å². The molecular formula is C16H21N7OS. The minimum Gasteiger partial charge on any atom is -0.339 e. The number of hydrogen-bond donors (Lipinski definition) is 1. The molecular weight excluding hydrogens is 338 g/mol. The Morgan fingerprint density at radius 1 is 1.08 bits per heavy atom. The van der Waals surface area contributed by atoms with Crippen LogP contribution in [0.2, 0.25) is 0 Å². The van der Waals surface area contributed by atoms with Gasteiger partial charge in [-0.15, -0.1) is 10.2 Å². The number of urea groups is 1. The van der Waals surface area contributed by atoms with Crippen LogP contribution in [0.15, 0.2) is 18.5 Å². The highest BCUT2D eigenvalue weighted by Gasteiger charge is 2.25. The van der Waals surface area contributed by atoms with Gasteiger partial charge in [-0.1, -0.05) is 17.8 Å². The number of rotatable bonds is 3. The number of nitrogens with one attached hydrogen (secondary N) is 1. The van der Waals surface area contributed by atoms with Crippen LogP contribution in [0.25, 0.3) is 0 Å². The zero-order valence-electron chi connectivity index (χ0n) is 14.0. The van der Waals surface area contributed by atoms with Crippen LogP contribution in [0, 0.1) is 0 Å². The van der Waals surface area contributed by atoms with E-state index in [4.69, 9.17) is 0 Å². The summed E-state index contributed by atoms with van der Waals surface area (Å²) < 4.78 is 0. The van der Waals surface area contributed by atoms with Crippen molar-refractivity contribution in [2.24, 2.45) is 0 Å². The average molecular weight is 359 g/mol. The van der Waals surface area contributed by atoms with E-state index in [2.05, 4.69) is 30.4 Å². The number of carbonyl (C=O) groups is 1. The van der Waals surface area contributed by atoms with Crippen LogP contribution in [0.4, 0.5) is 15.9 Å². The number of aromatic nitrogens is 4. The van der Waals surface area contributed by atoms with Gasteiger partial charge in [0.05, 0.1) is 0 Å². The van der Waals surface area contributed by atoms with Gasteiger partial charge in [0.15, 0.2) is 0 Å². The Labute approximate surface area is 150 Å². The molecule has 1 saturated heterocycles. The second-order valence-electron chi connectivity index (χ2n) is 6.38. The lowest BCUT2D eigenvalue weighted by molar-refractivity contribution is 0.215. The van der Waals surface area contributed by atoms with Crippen LogP contribution in [0.1, 0.15) is 36.6 Å².